The van der Waals surface area contributed by atoms with Gasteiger partial charge in [0.2, 0.25) is 0 Å². The summed E-state index contributed by atoms with van der Waals surface area (Å²) in [5, 5.41) is 1.86. The highest BCUT2D eigenvalue weighted by molar-refractivity contribution is 8.98. The zero-order chi connectivity index (χ0) is 7.78. The summed E-state index contributed by atoms with van der Waals surface area (Å²) in [6, 6.07) is 0. The van der Waals surface area contributed by atoms with E-state index in [1.54, 1.807) is 0 Å². The van der Waals surface area contributed by atoms with Gasteiger partial charge in [-0.3, -0.25) is 4.31 Å². The molecule has 0 saturated heterocycles. The van der Waals surface area contributed by atoms with Crippen LogP contribution in [0, 0.1) is 12.3 Å². The van der Waals surface area contributed by atoms with Crippen LogP contribution in [0.2, 0.25) is 0 Å². The fraction of sp³-hybridized carbons (Fsp3) is 0.200. The standard InChI is InChI=1S/C5H5NS4/c1-3-5-4-9-10(7,8)6(5)2/h1,4H,2H3. The van der Waals surface area contributed by atoms with Gasteiger partial charge in [0.05, 0.1) is 0 Å². The molecule has 0 N–H and O–H groups in total. The molecule has 0 aromatic carbocycles. The summed E-state index contributed by atoms with van der Waals surface area (Å²) in [6.07, 6.45) is 3.69. The first kappa shape index (κ1) is 8.34. The van der Waals surface area contributed by atoms with Gasteiger partial charge in [0.1, 0.15) is 5.70 Å². The number of terminal acetylenes is 1. The molecule has 0 spiro atoms. The molecule has 0 amide bonds. The van der Waals surface area contributed by atoms with E-state index in [0.29, 0.717) is 0 Å². The molecule has 0 aromatic heterocycles. The summed E-state index contributed by atoms with van der Waals surface area (Å²) < 4.78 is 1.82. The molecule has 0 radical (unpaired) electrons. The average Bonchev–Trinajstić information content (AvgIpc) is 2.10. The normalized spacial score (nSPS) is 22.0. The molecule has 1 nitrogen and oxygen atoms in total. The molecule has 0 fully saturated rings. The molecule has 1 rings (SSSR count). The molecular weight excluding hydrogens is 202 g/mol. The lowest BCUT2D eigenvalue weighted by atomic mass is 10.5. The van der Waals surface area contributed by atoms with Gasteiger partial charge in [0, 0.05) is 18.8 Å². The summed E-state index contributed by atoms with van der Waals surface area (Å²) in [7, 11) is 3.32. The van der Waals surface area contributed by atoms with E-state index < -0.39 is 6.36 Å². The number of hydrogen-bond acceptors (Lipinski definition) is 3. The Hall–Kier alpha value is 0.240. The molecular formula is C5H5NS4. The minimum Gasteiger partial charge on any atom is -0.298 e. The van der Waals surface area contributed by atoms with E-state index in [2.05, 4.69) is 5.92 Å². The van der Waals surface area contributed by atoms with Gasteiger partial charge in [-0.1, -0.05) is 5.92 Å². The Kier molecular flexibility index (Phi) is 2.25. The highest BCUT2D eigenvalue weighted by Gasteiger charge is 2.18. The predicted molar refractivity (Wildman–Crippen MR) is 54.4 cm³/mol. The average molecular weight is 207 g/mol. The molecule has 1 aliphatic heterocycles. The van der Waals surface area contributed by atoms with Crippen LogP contribution < -0.4 is 0 Å². The third kappa shape index (κ3) is 1.30. The van der Waals surface area contributed by atoms with Crippen LogP contribution in [0.25, 0.3) is 0 Å². The van der Waals surface area contributed by atoms with Crippen molar-refractivity contribution in [1.29, 1.82) is 0 Å². The van der Waals surface area contributed by atoms with Crippen LogP contribution in [0.5, 0.6) is 0 Å². The number of rotatable bonds is 0. The maximum Gasteiger partial charge on any atom is 0.106 e. The highest BCUT2D eigenvalue weighted by atomic mass is 33.5. The number of allylic oxidation sites excluding steroid dienone is 1. The Morgan fingerprint density at radius 3 is 2.60 bits per heavy atom. The van der Waals surface area contributed by atoms with E-state index >= 15 is 0 Å². The van der Waals surface area contributed by atoms with Crippen molar-refractivity contribution in [2.24, 2.45) is 0 Å². The Balaban J connectivity index is 3.04. The molecule has 0 unspecified atom stereocenters. The molecule has 5 heteroatoms. The van der Waals surface area contributed by atoms with Crippen molar-refractivity contribution >= 4 is 39.5 Å². The van der Waals surface area contributed by atoms with Crippen molar-refractivity contribution in [3.05, 3.63) is 11.1 Å². The van der Waals surface area contributed by atoms with Crippen molar-refractivity contribution in [3.8, 4) is 12.3 Å². The van der Waals surface area contributed by atoms with E-state index in [-0.39, 0.29) is 0 Å². The van der Waals surface area contributed by atoms with Gasteiger partial charge in [-0.05, 0) is 33.2 Å². The molecule has 1 heterocycles. The van der Waals surface area contributed by atoms with Crippen molar-refractivity contribution in [2.45, 2.75) is 0 Å². The fourth-order valence-electron chi connectivity index (χ4n) is 0.491. The SMILES string of the molecule is C#CC1=CSS(=S)(=S)N1C. The van der Waals surface area contributed by atoms with Gasteiger partial charge in [-0.2, -0.15) is 0 Å². The second-order valence-electron chi connectivity index (χ2n) is 1.67. The zero-order valence-electron chi connectivity index (χ0n) is 5.23. The van der Waals surface area contributed by atoms with Gasteiger partial charge in [0.15, 0.2) is 0 Å². The molecule has 10 heavy (non-hydrogen) atoms. The van der Waals surface area contributed by atoms with Gasteiger partial charge in [-0.15, -0.1) is 6.42 Å². The van der Waals surface area contributed by atoms with Crippen LogP contribution in [0.15, 0.2) is 11.1 Å². The zero-order valence-corrected chi connectivity index (χ0v) is 8.50. The summed E-state index contributed by atoms with van der Waals surface area (Å²) in [5.41, 5.74) is 0.810. The lowest BCUT2D eigenvalue weighted by Gasteiger charge is -2.14. The summed E-state index contributed by atoms with van der Waals surface area (Å²) in [4.78, 5) is 0. The van der Waals surface area contributed by atoms with E-state index in [9.17, 15) is 0 Å². The van der Waals surface area contributed by atoms with Crippen LogP contribution in [-0.2, 0) is 28.7 Å². The predicted octanol–water partition coefficient (Wildman–Crippen LogP) is 1.05. The smallest absolute Gasteiger partial charge is 0.106 e. The summed E-state index contributed by atoms with van der Waals surface area (Å²) in [5.74, 6) is 2.52. The van der Waals surface area contributed by atoms with Crippen LogP contribution >= 0.6 is 10.8 Å². The second kappa shape index (κ2) is 2.70. The lowest BCUT2D eigenvalue weighted by Crippen LogP contribution is -2.15. The van der Waals surface area contributed by atoms with Crippen molar-refractivity contribution in [1.82, 2.24) is 4.31 Å². The Bertz CT molecular complexity index is 305. The van der Waals surface area contributed by atoms with Crippen molar-refractivity contribution in [2.75, 3.05) is 7.05 Å². The van der Waals surface area contributed by atoms with Gasteiger partial charge < -0.3 is 0 Å². The third-order valence-electron chi connectivity index (χ3n) is 1.10. The maximum absolute atomic E-state index is 5.19. The molecule has 0 bridgehead atoms. The van der Waals surface area contributed by atoms with Crippen LogP contribution in [0.1, 0.15) is 0 Å². The summed E-state index contributed by atoms with van der Waals surface area (Å²) in [6.45, 7) is 0. The molecule has 0 aliphatic carbocycles. The first-order chi connectivity index (χ1) is 4.58. The first-order valence-electron chi connectivity index (χ1n) is 2.42. The topological polar surface area (TPSA) is 3.24 Å². The Morgan fingerprint density at radius 2 is 2.40 bits per heavy atom. The van der Waals surface area contributed by atoms with Crippen LogP contribution in [0.3, 0.4) is 0 Å². The van der Waals surface area contributed by atoms with E-state index in [4.69, 9.17) is 28.8 Å². The highest BCUT2D eigenvalue weighted by Crippen LogP contribution is 2.31. The van der Waals surface area contributed by atoms with E-state index in [1.165, 1.54) is 10.8 Å². The van der Waals surface area contributed by atoms with Gasteiger partial charge in [-0.25, -0.2) is 0 Å². The largest absolute Gasteiger partial charge is 0.298 e. The monoisotopic (exact) mass is 207 g/mol. The molecule has 0 saturated carbocycles. The molecule has 0 aromatic rings. The second-order valence-corrected chi connectivity index (χ2v) is 10.3. The summed E-state index contributed by atoms with van der Waals surface area (Å²) >= 11 is 10.2. The Labute approximate surface area is 74.2 Å². The number of nitrogens with zero attached hydrogens (tertiary/aromatic N) is 1. The first-order valence-corrected chi connectivity index (χ1v) is 7.25. The molecule has 1 aliphatic rings. The van der Waals surface area contributed by atoms with E-state index in [1.807, 2.05) is 16.8 Å². The van der Waals surface area contributed by atoms with Crippen LogP contribution in [0.4, 0.5) is 0 Å². The minimum atomic E-state index is -1.50. The third-order valence-corrected chi connectivity index (χ3v) is 6.98. The molecule has 54 valence electrons. The minimum absolute atomic E-state index is 0.810. The maximum atomic E-state index is 5.19. The van der Waals surface area contributed by atoms with Gasteiger partial charge in [0.25, 0.3) is 0 Å². The van der Waals surface area contributed by atoms with Crippen molar-refractivity contribution in [3.63, 3.8) is 0 Å². The molecule has 0 atom stereocenters. The van der Waals surface area contributed by atoms with E-state index in [0.717, 1.165) is 5.70 Å². The quantitative estimate of drug-likeness (QED) is 0.431. The fourth-order valence-corrected chi connectivity index (χ4v) is 3.93. The Morgan fingerprint density at radius 1 is 1.80 bits per heavy atom. The lowest BCUT2D eigenvalue weighted by molar-refractivity contribution is 0.744. The van der Waals surface area contributed by atoms with Crippen molar-refractivity contribution < 1.29 is 0 Å². The van der Waals surface area contributed by atoms with Gasteiger partial charge >= 0.3 is 0 Å². The number of hydrogen-bond donors (Lipinski definition) is 0. The van der Waals surface area contributed by atoms with Crippen LogP contribution in [-0.4, -0.2) is 11.4 Å².